The molecule has 9 heteroatoms. The first-order valence-electron chi connectivity index (χ1n) is 9.07. The van der Waals surface area contributed by atoms with Gasteiger partial charge in [-0.1, -0.05) is 0 Å². The summed E-state index contributed by atoms with van der Waals surface area (Å²) in [6, 6.07) is 10.8. The number of hydrogen-bond acceptors (Lipinski definition) is 7. The van der Waals surface area contributed by atoms with Gasteiger partial charge in [-0.25, -0.2) is 5.43 Å². The van der Waals surface area contributed by atoms with Crippen molar-refractivity contribution in [3.05, 3.63) is 52.9 Å². The molecule has 3 aromatic rings. The molecule has 30 heavy (non-hydrogen) atoms. The smallest absolute Gasteiger partial charge is 0.259 e. The number of methoxy groups -OCH3 is 2. The van der Waals surface area contributed by atoms with Crippen LogP contribution in [0.15, 0.2) is 46.9 Å². The van der Waals surface area contributed by atoms with Crippen LogP contribution < -0.4 is 25.5 Å². The van der Waals surface area contributed by atoms with Crippen LogP contribution in [0.1, 0.15) is 15.9 Å². The van der Waals surface area contributed by atoms with Gasteiger partial charge in [0, 0.05) is 39.3 Å². The van der Waals surface area contributed by atoms with Crippen molar-refractivity contribution >= 4 is 45.1 Å². The summed E-state index contributed by atoms with van der Waals surface area (Å²) in [7, 11) is 4.86. The second kappa shape index (κ2) is 9.75. The van der Waals surface area contributed by atoms with Gasteiger partial charge in [0.25, 0.3) is 11.8 Å². The van der Waals surface area contributed by atoms with Crippen LogP contribution in [-0.4, -0.2) is 45.8 Å². The summed E-state index contributed by atoms with van der Waals surface area (Å²) in [5, 5.41) is 12.7. The van der Waals surface area contributed by atoms with E-state index in [-0.39, 0.29) is 6.54 Å². The molecule has 0 aliphatic heterocycles. The molecule has 8 nitrogen and oxygen atoms in total. The third-order valence-electron chi connectivity index (χ3n) is 4.34. The van der Waals surface area contributed by atoms with Crippen LogP contribution in [0, 0.1) is 0 Å². The van der Waals surface area contributed by atoms with E-state index in [9.17, 15) is 9.59 Å². The lowest BCUT2D eigenvalue weighted by molar-refractivity contribution is -0.120. The van der Waals surface area contributed by atoms with Crippen LogP contribution in [0.25, 0.3) is 10.1 Å². The first-order chi connectivity index (χ1) is 14.5. The Morgan fingerprint density at radius 3 is 2.63 bits per heavy atom. The van der Waals surface area contributed by atoms with Gasteiger partial charge in [-0.3, -0.25) is 9.59 Å². The highest BCUT2D eigenvalue weighted by molar-refractivity contribution is 7.17. The summed E-state index contributed by atoms with van der Waals surface area (Å²) in [5.74, 6) is 0.113. The maximum atomic E-state index is 12.3. The zero-order chi connectivity index (χ0) is 21.5. The Hall–Kier alpha value is -3.59. The topological polar surface area (TPSA) is 101 Å². The standard InChI is InChI=1S/C21H22N4O4S/c1-22-15-5-7-19-16(9-15)14(12-30-19)10-24-25-20(26)11-23-21(27)13-4-6-17(28-2)18(8-13)29-3/h4-10,12,22H,11H2,1-3H3,(H,23,27)(H,25,26). The van der Waals surface area contributed by atoms with Gasteiger partial charge in [-0.05, 0) is 36.4 Å². The lowest BCUT2D eigenvalue weighted by atomic mass is 10.2. The number of thiophene rings is 1. The predicted octanol–water partition coefficient (Wildman–Crippen LogP) is 2.84. The second-order valence-electron chi connectivity index (χ2n) is 6.20. The Kier molecular flexibility index (Phi) is 6.87. The largest absolute Gasteiger partial charge is 0.493 e. The summed E-state index contributed by atoms with van der Waals surface area (Å²) in [4.78, 5) is 24.3. The SMILES string of the molecule is CNc1ccc2scc(C=NNC(=O)CNC(=O)c3ccc(OC)c(OC)c3)c2c1. The molecule has 1 aromatic heterocycles. The number of nitrogens with one attached hydrogen (secondary N) is 3. The number of hydrogen-bond donors (Lipinski definition) is 3. The molecule has 0 spiro atoms. The van der Waals surface area contributed by atoms with Gasteiger partial charge in [-0.15, -0.1) is 11.3 Å². The molecule has 0 unspecified atom stereocenters. The van der Waals surface area contributed by atoms with E-state index in [0.717, 1.165) is 21.3 Å². The van der Waals surface area contributed by atoms with Crippen LogP contribution >= 0.6 is 11.3 Å². The molecule has 2 amide bonds. The molecular formula is C21H22N4O4S. The van der Waals surface area contributed by atoms with E-state index in [1.165, 1.54) is 14.2 Å². The highest BCUT2D eigenvalue weighted by Gasteiger charge is 2.12. The first-order valence-corrected chi connectivity index (χ1v) is 9.94. The number of ether oxygens (including phenoxy) is 2. The Morgan fingerprint density at radius 1 is 1.10 bits per heavy atom. The fourth-order valence-electron chi connectivity index (χ4n) is 2.76. The number of anilines is 1. The highest BCUT2D eigenvalue weighted by atomic mass is 32.1. The second-order valence-corrected chi connectivity index (χ2v) is 7.11. The van der Waals surface area contributed by atoms with Crippen molar-refractivity contribution in [3.8, 4) is 11.5 Å². The van der Waals surface area contributed by atoms with Gasteiger partial charge in [-0.2, -0.15) is 5.10 Å². The molecule has 2 aromatic carbocycles. The van der Waals surface area contributed by atoms with Crippen molar-refractivity contribution in [3.63, 3.8) is 0 Å². The lowest BCUT2D eigenvalue weighted by Crippen LogP contribution is -2.34. The zero-order valence-corrected chi connectivity index (χ0v) is 17.6. The number of hydrazone groups is 1. The van der Waals surface area contributed by atoms with Gasteiger partial charge < -0.3 is 20.1 Å². The maximum Gasteiger partial charge on any atom is 0.259 e. The third kappa shape index (κ3) is 4.87. The number of carbonyl (C=O) groups excluding carboxylic acids is 2. The van der Waals surface area contributed by atoms with E-state index >= 15 is 0 Å². The molecule has 0 saturated heterocycles. The van der Waals surface area contributed by atoms with E-state index in [4.69, 9.17) is 9.47 Å². The fourth-order valence-corrected chi connectivity index (χ4v) is 3.65. The number of amides is 2. The number of benzene rings is 2. The third-order valence-corrected chi connectivity index (χ3v) is 5.32. The normalized spacial score (nSPS) is 10.8. The Labute approximate surface area is 177 Å². The average Bonchev–Trinajstić information content (AvgIpc) is 3.18. The number of nitrogens with zero attached hydrogens (tertiary/aromatic N) is 1. The molecule has 0 radical (unpaired) electrons. The minimum absolute atomic E-state index is 0.210. The molecule has 156 valence electrons. The Morgan fingerprint density at radius 2 is 1.90 bits per heavy atom. The van der Waals surface area contributed by atoms with E-state index in [1.807, 2.05) is 30.6 Å². The molecule has 1 heterocycles. The monoisotopic (exact) mass is 426 g/mol. The van der Waals surface area contributed by atoms with Crippen LogP contribution in [0.3, 0.4) is 0 Å². The van der Waals surface area contributed by atoms with Crippen molar-refractivity contribution in [2.24, 2.45) is 5.10 Å². The van der Waals surface area contributed by atoms with Gasteiger partial charge in [0.1, 0.15) is 0 Å². The van der Waals surface area contributed by atoms with Crippen LogP contribution in [-0.2, 0) is 4.79 Å². The van der Waals surface area contributed by atoms with Crippen molar-refractivity contribution < 1.29 is 19.1 Å². The number of fused-ring (bicyclic) bond motifs is 1. The molecule has 0 bridgehead atoms. The molecule has 0 saturated carbocycles. The Bertz CT molecular complexity index is 1090. The maximum absolute atomic E-state index is 12.3. The predicted molar refractivity (Wildman–Crippen MR) is 119 cm³/mol. The summed E-state index contributed by atoms with van der Waals surface area (Å²) in [5.41, 5.74) is 4.68. The minimum Gasteiger partial charge on any atom is -0.493 e. The molecule has 3 N–H and O–H groups in total. The minimum atomic E-state index is -0.435. The summed E-state index contributed by atoms with van der Waals surface area (Å²) in [6.07, 6.45) is 1.59. The van der Waals surface area contributed by atoms with Gasteiger partial charge in [0.2, 0.25) is 0 Å². The lowest BCUT2D eigenvalue weighted by Gasteiger charge is -2.09. The van der Waals surface area contributed by atoms with Crippen molar-refractivity contribution in [2.75, 3.05) is 33.1 Å². The molecule has 0 aliphatic rings. The highest BCUT2D eigenvalue weighted by Crippen LogP contribution is 2.28. The fraction of sp³-hybridized carbons (Fsp3) is 0.190. The molecule has 0 aliphatic carbocycles. The molecular weight excluding hydrogens is 404 g/mol. The van der Waals surface area contributed by atoms with Crippen molar-refractivity contribution in [1.29, 1.82) is 0 Å². The summed E-state index contributed by atoms with van der Waals surface area (Å²) in [6.45, 7) is -0.210. The summed E-state index contributed by atoms with van der Waals surface area (Å²) < 4.78 is 11.5. The van der Waals surface area contributed by atoms with Crippen LogP contribution in [0.2, 0.25) is 0 Å². The van der Waals surface area contributed by atoms with Gasteiger partial charge >= 0.3 is 0 Å². The molecule has 3 rings (SSSR count). The van der Waals surface area contributed by atoms with Gasteiger partial charge in [0.15, 0.2) is 11.5 Å². The molecule has 0 fully saturated rings. The van der Waals surface area contributed by atoms with E-state index in [1.54, 1.807) is 35.8 Å². The van der Waals surface area contributed by atoms with Gasteiger partial charge in [0.05, 0.1) is 27.0 Å². The Balaban J connectivity index is 1.55. The summed E-state index contributed by atoms with van der Waals surface area (Å²) >= 11 is 1.60. The van der Waals surface area contributed by atoms with E-state index < -0.39 is 11.8 Å². The van der Waals surface area contributed by atoms with Crippen molar-refractivity contribution in [2.45, 2.75) is 0 Å². The van der Waals surface area contributed by atoms with Crippen molar-refractivity contribution in [1.82, 2.24) is 10.7 Å². The number of rotatable bonds is 8. The van der Waals surface area contributed by atoms with E-state index in [2.05, 4.69) is 21.2 Å². The van der Waals surface area contributed by atoms with Crippen LogP contribution in [0.4, 0.5) is 5.69 Å². The first kappa shape index (κ1) is 21.1. The average molecular weight is 426 g/mol. The number of carbonyl (C=O) groups is 2. The van der Waals surface area contributed by atoms with E-state index in [0.29, 0.717) is 17.1 Å². The zero-order valence-electron chi connectivity index (χ0n) is 16.8. The molecule has 0 atom stereocenters. The quantitative estimate of drug-likeness (QED) is 0.380. The van der Waals surface area contributed by atoms with Crippen LogP contribution in [0.5, 0.6) is 11.5 Å².